The van der Waals surface area contributed by atoms with Crippen molar-refractivity contribution in [2.24, 2.45) is 0 Å². The fourth-order valence-electron chi connectivity index (χ4n) is 2.69. The second kappa shape index (κ2) is 8.80. The molecule has 0 amide bonds. The molecule has 0 unspecified atom stereocenters. The minimum Gasteiger partial charge on any atom is -0.505 e. The molecule has 3 rings (SSSR count). The lowest BCUT2D eigenvalue weighted by Crippen LogP contribution is -2.45. The van der Waals surface area contributed by atoms with Crippen LogP contribution in [0.3, 0.4) is 0 Å². The third kappa shape index (κ3) is 4.14. The lowest BCUT2D eigenvalue weighted by Gasteiger charge is -2.35. The Bertz CT molecular complexity index is 622. The average Bonchev–Trinajstić information content (AvgIpc) is 3.03. The van der Waals surface area contributed by atoms with Crippen LogP contribution in [0.2, 0.25) is 0 Å². The van der Waals surface area contributed by atoms with Crippen molar-refractivity contribution in [3.8, 4) is 5.75 Å². The first-order valence-electron chi connectivity index (χ1n) is 6.83. The highest BCUT2D eigenvalue weighted by Gasteiger charge is 2.28. The molecule has 23 heavy (non-hydrogen) atoms. The first-order valence-corrected chi connectivity index (χ1v) is 7.71. The SMILES string of the molecule is Cl.Cl.Oc1c([C@H](c2cccs2)N2CCNCC2)ccc(F)c1F. The Morgan fingerprint density at radius 3 is 2.43 bits per heavy atom. The van der Waals surface area contributed by atoms with Crippen molar-refractivity contribution in [1.29, 1.82) is 0 Å². The predicted molar refractivity (Wildman–Crippen MR) is 93.1 cm³/mol. The van der Waals surface area contributed by atoms with Gasteiger partial charge in [-0.15, -0.1) is 36.2 Å². The molecule has 0 aliphatic carbocycles. The van der Waals surface area contributed by atoms with Crippen LogP contribution in [0.4, 0.5) is 8.78 Å². The first-order chi connectivity index (χ1) is 10.2. The van der Waals surface area contributed by atoms with Crippen molar-refractivity contribution < 1.29 is 13.9 Å². The Labute approximate surface area is 150 Å². The standard InChI is InChI=1S/C15H16F2N2OS.2ClH/c16-11-4-3-10(15(20)13(11)17)14(12-2-1-9-21-12)19-7-5-18-6-8-19;;/h1-4,9,14,18,20H,5-8H2;2*1H/t14-;;/m1../s1. The minimum absolute atomic E-state index is 0. The number of phenolic OH excluding ortho intramolecular Hbond substituents is 1. The van der Waals surface area contributed by atoms with Crippen molar-refractivity contribution in [3.63, 3.8) is 0 Å². The van der Waals surface area contributed by atoms with E-state index in [-0.39, 0.29) is 30.9 Å². The summed E-state index contributed by atoms with van der Waals surface area (Å²) in [4.78, 5) is 3.19. The fraction of sp³-hybridized carbons (Fsp3) is 0.333. The zero-order chi connectivity index (χ0) is 14.8. The lowest BCUT2D eigenvalue weighted by atomic mass is 10.0. The zero-order valence-corrected chi connectivity index (χ0v) is 14.6. The number of halogens is 4. The van der Waals surface area contributed by atoms with Gasteiger partial charge in [-0.1, -0.05) is 12.1 Å². The van der Waals surface area contributed by atoms with E-state index >= 15 is 0 Å². The second-order valence-corrected chi connectivity index (χ2v) is 5.98. The summed E-state index contributed by atoms with van der Waals surface area (Å²) in [6, 6.07) is 6.18. The maximum Gasteiger partial charge on any atom is 0.200 e. The third-order valence-electron chi connectivity index (χ3n) is 3.72. The van der Waals surface area contributed by atoms with Crippen molar-refractivity contribution in [2.75, 3.05) is 26.2 Å². The van der Waals surface area contributed by atoms with Crippen LogP contribution in [0.25, 0.3) is 0 Å². The van der Waals surface area contributed by atoms with Gasteiger partial charge in [0.05, 0.1) is 6.04 Å². The topological polar surface area (TPSA) is 35.5 Å². The Morgan fingerprint density at radius 1 is 1.13 bits per heavy atom. The van der Waals surface area contributed by atoms with E-state index in [4.69, 9.17) is 0 Å². The molecule has 1 aromatic heterocycles. The number of nitrogens with one attached hydrogen (secondary N) is 1. The van der Waals surface area contributed by atoms with Crippen LogP contribution in [0.1, 0.15) is 16.5 Å². The van der Waals surface area contributed by atoms with Crippen LogP contribution in [-0.2, 0) is 0 Å². The molecule has 1 saturated heterocycles. The van der Waals surface area contributed by atoms with Crippen LogP contribution in [0.5, 0.6) is 5.75 Å². The highest BCUT2D eigenvalue weighted by atomic mass is 35.5. The highest BCUT2D eigenvalue weighted by molar-refractivity contribution is 7.10. The molecule has 0 radical (unpaired) electrons. The van der Waals surface area contributed by atoms with Crippen molar-refractivity contribution >= 4 is 36.2 Å². The van der Waals surface area contributed by atoms with Crippen molar-refractivity contribution in [2.45, 2.75) is 6.04 Å². The van der Waals surface area contributed by atoms with Gasteiger partial charge in [-0.05, 0) is 17.5 Å². The molecule has 2 heterocycles. The molecule has 2 aromatic rings. The summed E-state index contributed by atoms with van der Waals surface area (Å²) in [5.74, 6) is -2.79. The van der Waals surface area contributed by atoms with E-state index in [1.54, 1.807) is 11.3 Å². The number of benzene rings is 1. The molecule has 1 fully saturated rings. The number of hydrogen-bond donors (Lipinski definition) is 2. The molecule has 1 aromatic carbocycles. The van der Waals surface area contributed by atoms with Crippen LogP contribution in [0, 0.1) is 11.6 Å². The van der Waals surface area contributed by atoms with E-state index in [0.29, 0.717) is 5.56 Å². The normalized spacial score (nSPS) is 16.3. The minimum atomic E-state index is -1.18. The smallest absolute Gasteiger partial charge is 0.200 e. The van der Waals surface area contributed by atoms with Gasteiger partial charge in [0.15, 0.2) is 11.6 Å². The molecule has 128 valence electrons. The van der Waals surface area contributed by atoms with E-state index < -0.39 is 17.4 Å². The Balaban J connectivity index is 0.00000132. The molecule has 0 saturated carbocycles. The van der Waals surface area contributed by atoms with Crippen LogP contribution >= 0.6 is 36.2 Å². The molecule has 1 atom stereocenters. The first kappa shape index (κ1) is 20.1. The van der Waals surface area contributed by atoms with Gasteiger partial charge in [0.2, 0.25) is 5.82 Å². The zero-order valence-electron chi connectivity index (χ0n) is 12.2. The van der Waals surface area contributed by atoms with Crippen molar-refractivity contribution in [3.05, 3.63) is 51.7 Å². The van der Waals surface area contributed by atoms with E-state index in [9.17, 15) is 13.9 Å². The number of thiophene rings is 1. The fourth-order valence-corrected chi connectivity index (χ4v) is 3.57. The molecule has 2 N–H and O–H groups in total. The number of aromatic hydroxyl groups is 1. The number of hydrogen-bond acceptors (Lipinski definition) is 4. The van der Waals surface area contributed by atoms with Gasteiger partial charge < -0.3 is 10.4 Å². The van der Waals surface area contributed by atoms with Gasteiger partial charge in [-0.2, -0.15) is 4.39 Å². The number of nitrogens with zero attached hydrogens (tertiary/aromatic N) is 1. The second-order valence-electron chi connectivity index (χ2n) is 5.00. The molecule has 1 aliphatic rings. The average molecular weight is 383 g/mol. The third-order valence-corrected chi connectivity index (χ3v) is 4.65. The number of rotatable bonds is 3. The number of phenols is 1. The molecular weight excluding hydrogens is 365 g/mol. The maximum absolute atomic E-state index is 13.7. The van der Waals surface area contributed by atoms with Gasteiger partial charge in [-0.3, -0.25) is 4.90 Å². The highest BCUT2D eigenvalue weighted by Crippen LogP contribution is 2.38. The lowest BCUT2D eigenvalue weighted by molar-refractivity contribution is 0.197. The largest absolute Gasteiger partial charge is 0.505 e. The maximum atomic E-state index is 13.7. The van der Waals surface area contributed by atoms with E-state index in [2.05, 4.69) is 10.2 Å². The van der Waals surface area contributed by atoms with Gasteiger partial charge in [0, 0.05) is 36.6 Å². The Hall–Kier alpha value is -0.920. The molecular formula is C15H18Cl2F2N2OS. The summed E-state index contributed by atoms with van der Waals surface area (Å²) >= 11 is 1.55. The van der Waals surface area contributed by atoms with Crippen LogP contribution in [-0.4, -0.2) is 36.2 Å². The van der Waals surface area contributed by atoms with Gasteiger partial charge >= 0.3 is 0 Å². The summed E-state index contributed by atoms with van der Waals surface area (Å²) in [6.45, 7) is 3.26. The quantitative estimate of drug-likeness (QED) is 0.851. The van der Waals surface area contributed by atoms with E-state index in [0.717, 1.165) is 37.1 Å². The molecule has 0 bridgehead atoms. The monoisotopic (exact) mass is 382 g/mol. The van der Waals surface area contributed by atoms with Crippen molar-refractivity contribution in [1.82, 2.24) is 10.2 Å². The Kier molecular flexibility index (Phi) is 7.70. The van der Waals surface area contributed by atoms with E-state index in [1.165, 1.54) is 6.07 Å². The summed E-state index contributed by atoms with van der Waals surface area (Å²) < 4.78 is 27.0. The van der Waals surface area contributed by atoms with E-state index in [1.807, 2.05) is 17.5 Å². The summed E-state index contributed by atoms with van der Waals surface area (Å²) in [5.41, 5.74) is 0.415. The number of piperazine rings is 1. The Morgan fingerprint density at radius 2 is 1.83 bits per heavy atom. The van der Waals surface area contributed by atoms with Crippen LogP contribution in [0.15, 0.2) is 29.6 Å². The molecule has 8 heteroatoms. The summed E-state index contributed by atoms with van der Waals surface area (Å²) in [6.07, 6.45) is 0. The summed E-state index contributed by atoms with van der Waals surface area (Å²) in [5, 5.41) is 15.2. The van der Waals surface area contributed by atoms with Crippen LogP contribution < -0.4 is 5.32 Å². The van der Waals surface area contributed by atoms with Gasteiger partial charge in [0.25, 0.3) is 0 Å². The predicted octanol–water partition coefficient (Wildman–Crippen LogP) is 3.57. The van der Waals surface area contributed by atoms with Gasteiger partial charge in [0.1, 0.15) is 0 Å². The molecule has 0 spiro atoms. The molecule has 3 nitrogen and oxygen atoms in total. The summed E-state index contributed by atoms with van der Waals surface area (Å²) in [7, 11) is 0. The van der Waals surface area contributed by atoms with Gasteiger partial charge in [-0.25, -0.2) is 4.39 Å². The molecule has 1 aliphatic heterocycles.